The van der Waals surface area contributed by atoms with Gasteiger partial charge in [-0.25, -0.2) is 0 Å². The molecule has 0 bridgehead atoms. The maximum Gasteiger partial charge on any atom is 0.0467 e. The summed E-state index contributed by atoms with van der Waals surface area (Å²) in [4.78, 5) is 2.05. The smallest absolute Gasteiger partial charge is 0.0467 e. The lowest BCUT2D eigenvalue weighted by atomic mass is 10.3. The Labute approximate surface area is 56.0 Å². The molecule has 9 heavy (non-hydrogen) atoms. The van der Waals surface area contributed by atoms with E-state index < -0.39 is 0 Å². The van der Waals surface area contributed by atoms with Gasteiger partial charge in [0.1, 0.15) is 0 Å². The Kier molecular flexibility index (Phi) is 1.73. The standard InChI is InChI=1S/C8H11N/c1-3-8-5-6-9(4-2)7-8/h3-6H,2,7H2,1H3. The number of nitrogens with zero attached hydrogens (tertiary/aromatic N) is 1. The minimum Gasteiger partial charge on any atom is -0.351 e. The third-order valence-electron chi connectivity index (χ3n) is 1.45. The van der Waals surface area contributed by atoms with Crippen molar-refractivity contribution in [3.63, 3.8) is 0 Å². The Morgan fingerprint density at radius 2 is 2.56 bits per heavy atom. The molecule has 1 nitrogen and oxygen atoms in total. The van der Waals surface area contributed by atoms with Gasteiger partial charge < -0.3 is 4.90 Å². The van der Waals surface area contributed by atoms with E-state index >= 15 is 0 Å². The summed E-state index contributed by atoms with van der Waals surface area (Å²) in [6, 6.07) is 0. The molecule has 48 valence electrons. The van der Waals surface area contributed by atoms with E-state index in [-0.39, 0.29) is 0 Å². The molecule has 1 aliphatic heterocycles. The van der Waals surface area contributed by atoms with Crippen molar-refractivity contribution >= 4 is 0 Å². The molecule has 0 unspecified atom stereocenters. The second-order valence-corrected chi connectivity index (χ2v) is 2.03. The number of rotatable bonds is 1. The second kappa shape index (κ2) is 2.53. The zero-order chi connectivity index (χ0) is 6.69. The molecule has 0 aromatic carbocycles. The van der Waals surface area contributed by atoms with Gasteiger partial charge in [-0.1, -0.05) is 12.7 Å². The lowest BCUT2D eigenvalue weighted by molar-refractivity contribution is 0.582. The summed E-state index contributed by atoms with van der Waals surface area (Å²) in [7, 11) is 0. The average Bonchev–Trinajstić information content (AvgIpc) is 2.34. The molecule has 0 amide bonds. The highest BCUT2D eigenvalue weighted by Gasteiger charge is 2.02. The fraction of sp³-hybridized carbons (Fsp3) is 0.250. The second-order valence-electron chi connectivity index (χ2n) is 2.03. The van der Waals surface area contributed by atoms with Crippen molar-refractivity contribution in [2.45, 2.75) is 6.92 Å². The Balaban J connectivity index is 2.59. The van der Waals surface area contributed by atoms with E-state index in [1.807, 2.05) is 19.3 Å². The van der Waals surface area contributed by atoms with Gasteiger partial charge >= 0.3 is 0 Å². The quantitative estimate of drug-likeness (QED) is 0.512. The first-order valence-corrected chi connectivity index (χ1v) is 3.08. The maximum atomic E-state index is 3.66. The zero-order valence-corrected chi connectivity index (χ0v) is 5.67. The zero-order valence-electron chi connectivity index (χ0n) is 5.67. The van der Waals surface area contributed by atoms with Crippen LogP contribution in [0.4, 0.5) is 0 Å². The van der Waals surface area contributed by atoms with Gasteiger partial charge in [-0.3, -0.25) is 0 Å². The summed E-state index contributed by atoms with van der Waals surface area (Å²) in [6.07, 6.45) is 8.07. The van der Waals surface area contributed by atoms with Gasteiger partial charge in [0.25, 0.3) is 0 Å². The SMILES string of the molecule is C=CN1C=CC(=CC)C1. The molecule has 0 radical (unpaired) electrons. The molecule has 1 heterocycles. The van der Waals surface area contributed by atoms with Gasteiger partial charge in [-0.15, -0.1) is 0 Å². The molecule has 0 spiro atoms. The van der Waals surface area contributed by atoms with Crippen LogP contribution in [0, 0.1) is 0 Å². The van der Waals surface area contributed by atoms with Crippen LogP contribution in [-0.4, -0.2) is 11.4 Å². The fourth-order valence-corrected chi connectivity index (χ4v) is 0.821. The Morgan fingerprint density at radius 3 is 2.89 bits per heavy atom. The number of hydrogen-bond acceptors (Lipinski definition) is 1. The van der Waals surface area contributed by atoms with Crippen molar-refractivity contribution in [1.29, 1.82) is 0 Å². The van der Waals surface area contributed by atoms with Crippen molar-refractivity contribution in [1.82, 2.24) is 4.90 Å². The highest BCUT2D eigenvalue weighted by atomic mass is 15.1. The van der Waals surface area contributed by atoms with E-state index in [0.29, 0.717) is 0 Å². The molecule has 0 saturated carbocycles. The van der Waals surface area contributed by atoms with Crippen LogP contribution in [0.25, 0.3) is 0 Å². The van der Waals surface area contributed by atoms with Crippen LogP contribution in [-0.2, 0) is 0 Å². The first-order valence-electron chi connectivity index (χ1n) is 3.08. The molecular weight excluding hydrogens is 110 g/mol. The van der Waals surface area contributed by atoms with Crippen LogP contribution in [0.2, 0.25) is 0 Å². The van der Waals surface area contributed by atoms with Crippen molar-refractivity contribution in [2.24, 2.45) is 0 Å². The Hall–Kier alpha value is -0.980. The first-order chi connectivity index (χ1) is 4.36. The normalized spacial score (nSPS) is 21.4. The molecule has 0 aromatic rings. The van der Waals surface area contributed by atoms with E-state index in [1.165, 1.54) is 5.57 Å². The van der Waals surface area contributed by atoms with Crippen LogP contribution in [0.15, 0.2) is 36.7 Å². The maximum absolute atomic E-state index is 3.66. The molecule has 0 aliphatic carbocycles. The minimum atomic E-state index is 0.986. The summed E-state index contributed by atoms with van der Waals surface area (Å²) in [6.45, 7) is 6.69. The third kappa shape index (κ3) is 1.22. The van der Waals surface area contributed by atoms with Gasteiger partial charge in [0.05, 0.1) is 0 Å². The molecule has 0 fully saturated rings. The van der Waals surface area contributed by atoms with Crippen LogP contribution < -0.4 is 0 Å². The minimum absolute atomic E-state index is 0.986. The van der Waals surface area contributed by atoms with Crippen molar-refractivity contribution in [2.75, 3.05) is 6.54 Å². The highest BCUT2D eigenvalue weighted by molar-refractivity contribution is 5.25. The number of allylic oxidation sites excluding steroid dienone is 1. The fourth-order valence-electron chi connectivity index (χ4n) is 0.821. The van der Waals surface area contributed by atoms with Crippen molar-refractivity contribution in [3.8, 4) is 0 Å². The van der Waals surface area contributed by atoms with E-state index in [1.54, 1.807) is 0 Å². The van der Waals surface area contributed by atoms with Crippen molar-refractivity contribution < 1.29 is 0 Å². The van der Waals surface area contributed by atoms with Crippen molar-refractivity contribution in [3.05, 3.63) is 36.7 Å². The molecule has 0 aromatic heterocycles. The first kappa shape index (κ1) is 6.14. The predicted octanol–water partition coefficient (Wildman–Crippen LogP) is 1.91. The Bertz CT molecular complexity index is 165. The van der Waals surface area contributed by atoms with Gasteiger partial charge in [0.2, 0.25) is 0 Å². The van der Waals surface area contributed by atoms with Gasteiger partial charge in [-0.2, -0.15) is 0 Å². The van der Waals surface area contributed by atoms with E-state index in [4.69, 9.17) is 0 Å². The molecule has 1 rings (SSSR count). The lowest BCUT2D eigenvalue weighted by Crippen LogP contribution is -2.04. The van der Waals surface area contributed by atoms with Crippen LogP contribution >= 0.6 is 0 Å². The lowest BCUT2D eigenvalue weighted by Gasteiger charge is -2.06. The van der Waals surface area contributed by atoms with Gasteiger partial charge in [-0.05, 0) is 24.8 Å². The molecule has 1 heteroatoms. The largest absolute Gasteiger partial charge is 0.351 e. The van der Waals surface area contributed by atoms with E-state index in [2.05, 4.69) is 23.6 Å². The molecule has 0 atom stereocenters. The topological polar surface area (TPSA) is 3.24 Å². The molecular formula is C8H11N. The summed E-state index contributed by atoms with van der Waals surface area (Å²) < 4.78 is 0. The number of hydrogen-bond donors (Lipinski definition) is 0. The van der Waals surface area contributed by atoms with Gasteiger partial charge in [0.15, 0.2) is 0 Å². The van der Waals surface area contributed by atoms with Crippen LogP contribution in [0.1, 0.15) is 6.92 Å². The molecule has 1 aliphatic rings. The van der Waals surface area contributed by atoms with E-state index in [9.17, 15) is 0 Å². The molecule has 0 N–H and O–H groups in total. The summed E-state index contributed by atoms with van der Waals surface area (Å²) in [5.41, 5.74) is 1.36. The average molecular weight is 121 g/mol. The van der Waals surface area contributed by atoms with Gasteiger partial charge in [0, 0.05) is 12.7 Å². The van der Waals surface area contributed by atoms with Crippen LogP contribution in [0.5, 0.6) is 0 Å². The predicted molar refractivity (Wildman–Crippen MR) is 39.8 cm³/mol. The van der Waals surface area contributed by atoms with E-state index in [0.717, 1.165) is 6.54 Å². The highest BCUT2D eigenvalue weighted by Crippen LogP contribution is 2.09. The summed E-state index contributed by atoms with van der Waals surface area (Å²) >= 11 is 0. The van der Waals surface area contributed by atoms with Crippen LogP contribution in [0.3, 0.4) is 0 Å². The summed E-state index contributed by atoms with van der Waals surface area (Å²) in [5.74, 6) is 0. The summed E-state index contributed by atoms with van der Waals surface area (Å²) in [5, 5.41) is 0. The third-order valence-corrected chi connectivity index (χ3v) is 1.45. The molecule has 0 saturated heterocycles. The Morgan fingerprint density at radius 1 is 1.78 bits per heavy atom. The monoisotopic (exact) mass is 121 g/mol.